The number of hydrogen-bond donors (Lipinski definition) is 1. The monoisotopic (exact) mass is 382 g/mol. The molecule has 0 bridgehead atoms. The molecule has 8 heteroatoms. The van der Waals surface area contributed by atoms with Gasteiger partial charge in [-0.1, -0.05) is 46.9 Å². The Labute approximate surface area is 154 Å². The molecule has 3 rings (SSSR count). The first-order valence-electron chi connectivity index (χ1n) is 7.05. The Morgan fingerprint density at radius 3 is 2.38 bits per heavy atom. The van der Waals surface area contributed by atoms with Gasteiger partial charge in [0, 0.05) is 15.6 Å². The SMILES string of the molecule is Clc1ccc(COc2c(Cl)cc(Cl)cc2CNn2cnnc2)cc1. The highest BCUT2D eigenvalue weighted by molar-refractivity contribution is 6.35. The Hall–Kier alpha value is -1.95. The molecule has 1 N–H and O–H groups in total. The topological polar surface area (TPSA) is 52.0 Å². The van der Waals surface area contributed by atoms with Crippen molar-refractivity contribution in [1.82, 2.24) is 14.9 Å². The number of halogens is 3. The minimum absolute atomic E-state index is 0.373. The van der Waals surface area contributed by atoms with Gasteiger partial charge in [0.25, 0.3) is 0 Å². The fourth-order valence-electron chi connectivity index (χ4n) is 2.10. The van der Waals surface area contributed by atoms with Crippen LogP contribution in [0.5, 0.6) is 5.75 Å². The third-order valence-electron chi connectivity index (χ3n) is 3.25. The van der Waals surface area contributed by atoms with Crippen LogP contribution in [0.15, 0.2) is 49.1 Å². The van der Waals surface area contributed by atoms with Crippen LogP contribution in [-0.4, -0.2) is 14.9 Å². The second-order valence-electron chi connectivity index (χ2n) is 5.00. The van der Waals surface area contributed by atoms with Crippen LogP contribution in [-0.2, 0) is 13.2 Å². The van der Waals surface area contributed by atoms with Crippen molar-refractivity contribution in [3.63, 3.8) is 0 Å². The highest BCUT2D eigenvalue weighted by Gasteiger charge is 2.11. The molecule has 0 saturated heterocycles. The molecule has 1 heterocycles. The molecule has 0 unspecified atom stereocenters. The van der Waals surface area contributed by atoms with E-state index in [0.717, 1.165) is 11.1 Å². The van der Waals surface area contributed by atoms with Crippen molar-refractivity contribution in [2.75, 3.05) is 5.43 Å². The van der Waals surface area contributed by atoms with Gasteiger partial charge < -0.3 is 10.2 Å². The smallest absolute Gasteiger partial charge is 0.143 e. The van der Waals surface area contributed by atoms with Gasteiger partial charge >= 0.3 is 0 Å². The fourth-order valence-corrected chi connectivity index (χ4v) is 2.82. The first kappa shape index (κ1) is 16.9. The average molecular weight is 384 g/mol. The van der Waals surface area contributed by atoms with E-state index in [1.54, 1.807) is 23.4 Å². The summed E-state index contributed by atoms with van der Waals surface area (Å²) in [5.74, 6) is 0.580. The second kappa shape index (κ2) is 7.75. The molecule has 5 nitrogen and oxygen atoms in total. The molecule has 0 amide bonds. The first-order valence-corrected chi connectivity index (χ1v) is 8.19. The van der Waals surface area contributed by atoms with E-state index in [1.165, 1.54) is 0 Å². The summed E-state index contributed by atoms with van der Waals surface area (Å²) >= 11 is 18.3. The maximum atomic E-state index is 6.30. The van der Waals surface area contributed by atoms with Crippen molar-refractivity contribution in [3.05, 3.63) is 75.2 Å². The largest absolute Gasteiger partial charge is 0.487 e. The highest BCUT2D eigenvalue weighted by Crippen LogP contribution is 2.33. The lowest BCUT2D eigenvalue weighted by atomic mass is 10.2. The van der Waals surface area contributed by atoms with Gasteiger partial charge in [-0.15, -0.1) is 10.2 Å². The summed E-state index contributed by atoms with van der Waals surface area (Å²) in [6, 6.07) is 10.9. The maximum absolute atomic E-state index is 6.30. The molecule has 3 aromatic rings. The van der Waals surface area contributed by atoms with Crippen LogP contribution in [0.3, 0.4) is 0 Å². The lowest BCUT2D eigenvalue weighted by molar-refractivity contribution is 0.303. The predicted octanol–water partition coefficient (Wildman–Crippen LogP) is 4.56. The van der Waals surface area contributed by atoms with E-state index >= 15 is 0 Å². The number of benzene rings is 2. The summed E-state index contributed by atoms with van der Waals surface area (Å²) in [6.45, 7) is 0.826. The van der Waals surface area contributed by atoms with Gasteiger partial charge in [0.05, 0.1) is 11.6 Å². The van der Waals surface area contributed by atoms with Crippen LogP contribution in [0, 0.1) is 0 Å². The van der Waals surface area contributed by atoms with E-state index in [9.17, 15) is 0 Å². The maximum Gasteiger partial charge on any atom is 0.143 e. The predicted molar refractivity (Wildman–Crippen MR) is 95.3 cm³/mol. The lowest BCUT2D eigenvalue weighted by Crippen LogP contribution is -2.13. The van der Waals surface area contributed by atoms with Crippen LogP contribution in [0.4, 0.5) is 0 Å². The molecule has 0 aliphatic carbocycles. The number of aromatic nitrogens is 3. The minimum atomic E-state index is 0.373. The van der Waals surface area contributed by atoms with Crippen molar-refractivity contribution >= 4 is 34.8 Å². The number of ether oxygens (including phenoxy) is 1. The second-order valence-corrected chi connectivity index (χ2v) is 6.28. The number of nitrogens with one attached hydrogen (secondary N) is 1. The zero-order valence-corrected chi connectivity index (χ0v) is 14.7. The van der Waals surface area contributed by atoms with E-state index in [2.05, 4.69) is 15.6 Å². The molecule has 0 saturated carbocycles. The van der Waals surface area contributed by atoms with E-state index in [1.807, 2.05) is 30.3 Å². The molecule has 2 aromatic carbocycles. The van der Waals surface area contributed by atoms with E-state index < -0.39 is 0 Å². The summed E-state index contributed by atoms with van der Waals surface area (Å²) in [5, 5.41) is 9.14. The number of rotatable bonds is 6. The van der Waals surface area contributed by atoms with Crippen molar-refractivity contribution in [1.29, 1.82) is 0 Å². The minimum Gasteiger partial charge on any atom is -0.487 e. The highest BCUT2D eigenvalue weighted by atomic mass is 35.5. The zero-order chi connectivity index (χ0) is 16.9. The van der Waals surface area contributed by atoms with E-state index in [0.29, 0.717) is 34.0 Å². The van der Waals surface area contributed by atoms with Gasteiger partial charge in [-0.25, -0.2) is 4.68 Å². The molecule has 1 aromatic heterocycles. The van der Waals surface area contributed by atoms with Gasteiger partial charge in [0.1, 0.15) is 25.0 Å². The van der Waals surface area contributed by atoms with E-state index in [4.69, 9.17) is 39.5 Å². The molecule has 0 atom stereocenters. The third-order valence-corrected chi connectivity index (χ3v) is 4.00. The van der Waals surface area contributed by atoms with Crippen LogP contribution in [0.2, 0.25) is 15.1 Å². The number of nitrogens with zero attached hydrogens (tertiary/aromatic N) is 3. The zero-order valence-electron chi connectivity index (χ0n) is 12.4. The van der Waals surface area contributed by atoms with Crippen LogP contribution in [0.1, 0.15) is 11.1 Å². The Morgan fingerprint density at radius 2 is 1.67 bits per heavy atom. The van der Waals surface area contributed by atoms with Crippen molar-refractivity contribution in [3.8, 4) is 5.75 Å². The Balaban J connectivity index is 1.76. The standard InChI is InChI=1S/C16H13Cl3N4O/c17-13-3-1-11(2-4-13)8-24-16-12(5-14(18)6-15(16)19)7-22-23-9-20-21-10-23/h1-6,9-10,22H,7-8H2. The molecule has 0 spiro atoms. The van der Waals surface area contributed by atoms with Gasteiger partial charge in [0.15, 0.2) is 0 Å². The first-order chi connectivity index (χ1) is 11.6. The third kappa shape index (κ3) is 4.32. The van der Waals surface area contributed by atoms with Gasteiger partial charge in [-0.2, -0.15) is 0 Å². The molecular formula is C16H13Cl3N4O. The van der Waals surface area contributed by atoms with Gasteiger partial charge in [-0.05, 0) is 29.8 Å². The Morgan fingerprint density at radius 1 is 0.958 bits per heavy atom. The summed E-state index contributed by atoms with van der Waals surface area (Å²) in [7, 11) is 0. The van der Waals surface area contributed by atoms with Crippen molar-refractivity contribution < 1.29 is 4.74 Å². The summed E-state index contributed by atoms with van der Waals surface area (Å²) in [4.78, 5) is 0. The molecule has 0 radical (unpaired) electrons. The van der Waals surface area contributed by atoms with Crippen LogP contribution < -0.4 is 10.2 Å². The normalized spacial score (nSPS) is 10.6. The number of hydrogen-bond acceptors (Lipinski definition) is 4. The average Bonchev–Trinajstić information content (AvgIpc) is 3.07. The van der Waals surface area contributed by atoms with Crippen molar-refractivity contribution in [2.45, 2.75) is 13.2 Å². The molecule has 0 fully saturated rings. The van der Waals surface area contributed by atoms with Gasteiger partial charge in [-0.3, -0.25) is 0 Å². The molecule has 0 aliphatic heterocycles. The Kier molecular flexibility index (Phi) is 5.45. The van der Waals surface area contributed by atoms with Crippen LogP contribution in [0.25, 0.3) is 0 Å². The summed E-state index contributed by atoms with van der Waals surface area (Å²) < 4.78 is 7.54. The molecular weight excluding hydrogens is 371 g/mol. The van der Waals surface area contributed by atoms with Crippen LogP contribution >= 0.6 is 34.8 Å². The summed E-state index contributed by atoms with van der Waals surface area (Å²) in [6.07, 6.45) is 3.11. The molecule has 0 aliphatic rings. The Bertz CT molecular complexity index is 807. The van der Waals surface area contributed by atoms with Gasteiger partial charge in [0.2, 0.25) is 0 Å². The van der Waals surface area contributed by atoms with E-state index in [-0.39, 0.29) is 0 Å². The molecule has 124 valence electrons. The summed E-state index contributed by atoms with van der Waals surface area (Å²) in [5.41, 5.74) is 4.94. The van der Waals surface area contributed by atoms with Crippen molar-refractivity contribution in [2.24, 2.45) is 0 Å². The molecule has 24 heavy (non-hydrogen) atoms. The quantitative estimate of drug-likeness (QED) is 0.678. The fraction of sp³-hybridized carbons (Fsp3) is 0.125. The lowest BCUT2D eigenvalue weighted by Gasteiger charge is -2.15.